The number of methoxy groups -OCH3 is 2. The lowest BCUT2D eigenvalue weighted by atomic mass is 9.98. The minimum absolute atomic E-state index is 0.786. The van der Waals surface area contributed by atoms with Crippen LogP contribution < -0.4 is 30.9 Å². The number of hydrogen-bond donors (Lipinski definition) is 4. The van der Waals surface area contributed by atoms with Gasteiger partial charge in [-0.15, -0.1) is 0 Å². The molecule has 4 aromatic heterocycles. The largest absolute Gasteiger partial charge is 0.496 e. The first-order valence-electron chi connectivity index (χ1n) is 18.2. The Morgan fingerprint density at radius 2 is 0.611 bits per heavy atom. The summed E-state index contributed by atoms with van der Waals surface area (Å²) >= 11 is 0. The molecule has 4 aromatic carbocycles. The number of aryl methyl sites for hydroxylation is 2. The molecule has 6 nitrogen and oxygen atoms in total. The van der Waals surface area contributed by atoms with E-state index < -0.39 is 0 Å². The fourth-order valence-corrected chi connectivity index (χ4v) is 7.90. The van der Waals surface area contributed by atoms with Crippen LogP contribution in [0.4, 0.5) is 0 Å². The Morgan fingerprint density at radius 1 is 0.315 bits per heavy atom. The maximum absolute atomic E-state index is 5.97. The summed E-state index contributed by atoms with van der Waals surface area (Å²) < 4.78 is 11.9. The van der Waals surface area contributed by atoms with Crippen molar-refractivity contribution in [3.05, 3.63) is 223 Å². The molecule has 1 aliphatic heterocycles. The molecule has 0 atom stereocenters. The van der Waals surface area contributed by atoms with E-state index in [1.54, 1.807) is 14.2 Å². The highest BCUT2D eigenvalue weighted by Crippen LogP contribution is 2.33. The Morgan fingerprint density at radius 3 is 0.944 bits per heavy atom. The average Bonchev–Trinajstić information content (AvgIpc) is 4.04. The van der Waals surface area contributed by atoms with Gasteiger partial charge in [-0.1, -0.05) is 84.9 Å². The molecule has 9 rings (SSSR count). The molecule has 8 aromatic rings. The lowest BCUT2D eigenvalue weighted by Gasteiger charge is -2.13. The van der Waals surface area contributed by atoms with Crippen LogP contribution in [-0.2, 0) is 0 Å². The molecular weight excluding hydrogens is 665 g/mol. The van der Waals surface area contributed by atoms with Crippen molar-refractivity contribution in [1.82, 2.24) is 19.9 Å². The van der Waals surface area contributed by atoms with Crippen LogP contribution in [0.5, 0.6) is 11.5 Å². The normalized spacial score (nSPS) is 12.7. The topological polar surface area (TPSA) is 81.6 Å². The molecule has 8 bridgehead atoms. The van der Waals surface area contributed by atoms with Crippen molar-refractivity contribution >= 4 is 22.3 Å². The zero-order chi connectivity index (χ0) is 36.8. The number of para-hydroxylation sites is 2. The Bertz CT molecular complexity index is 2750. The molecule has 0 radical (unpaired) electrons. The third kappa shape index (κ3) is 5.60. The average molecular weight is 705 g/mol. The zero-order valence-corrected chi connectivity index (χ0v) is 30.7. The summed E-state index contributed by atoms with van der Waals surface area (Å²) in [6.07, 6.45) is 0. The van der Waals surface area contributed by atoms with Gasteiger partial charge in [0.05, 0.1) is 14.2 Å². The first kappa shape index (κ1) is 33.0. The number of benzene rings is 4. The number of hydrogen-bond acceptors (Lipinski definition) is 2. The predicted molar refractivity (Wildman–Crippen MR) is 216 cm³/mol. The van der Waals surface area contributed by atoms with Gasteiger partial charge in [0.15, 0.2) is 0 Å². The number of fused-ring (bicyclic) bond motifs is 8. The van der Waals surface area contributed by atoms with Crippen molar-refractivity contribution in [3.8, 4) is 11.5 Å². The van der Waals surface area contributed by atoms with E-state index in [0.29, 0.717) is 0 Å². The Hall–Kier alpha value is -6.92. The molecule has 0 spiro atoms. The standard InChI is InChI=1S/C48H40N4O2/c1-29-13-5-7-15-31(29)45-35-21-22-36(49-35)46(32-16-8-6-14-30(32)2)38-24-26-40(51-38)48(34-18-10-12-20-44(34)54-4)42-28-27-41(52-42)47(39-25-23-37(45)50-39)33-17-9-11-19-43(33)53-3/h5-28,49-52H,1-4H3. The van der Waals surface area contributed by atoms with Crippen LogP contribution in [-0.4, -0.2) is 34.2 Å². The maximum atomic E-state index is 5.97. The minimum Gasteiger partial charge on any atom is -0.496 e. The monoisotopic (exact) mass is 704 g/mol. The molecule has 0 fully saturated rings. The molecule has 4 N–H and O–H groups in total. The first-order valence-corrected chi connectivity index (χ1v) is 18.2. The van der Waals surface area contributed by atoms with Gasteiger partial charge in [-0.2, -0.15) is 0 Å². The van der Waals surface area contributed by atoms with Crippen molar-refractivity contribution in [2.24, 2.45) is 0 Å². The summed E-state index contributed by atoms with van der Waals surface area (Å²) in [6.45, 7) is 4.34. The van der Waals surface area contributed by atoms with E-state index in [-0.39, 0.29) is 0 Å². The van der Waals surface area contributed by atoms with Gasteiger partial charge in [-0.25, -0.2) is 0 Å². The summed E-state index contributed by atoms with van der Waals surface area (Å²) in [5.74, 6) is 1.57. The van der Waals surface area contributed by atoms with Gasteiger partial charge in [-0.05, 0) is 96.8 Å². The van der Waals surface area contributed by atoms with Crippen LogP contribution in [0, 0.1) is 13.8 Å². The Labute approximate surface area is 313 Å². The second kappa shape index (κ2) is 13.6. The van der Waals surface area contributed by atoms with Gasteiger partial charge in [0.2, 0.25) is 0 Å². The van der Waals surface area contributed by atoms with E-state index in [2.05, 4.69) is 155 Å². The smallest absolute Gasteiger partial charge is 0.126 e. The molecule has 6 heteroatoms. The molecule has 264 valence electrons. The highest BCUT2D eigenvalue weighted by Gasteiger charge is 2.21. The van der Waals surface area contributed by atoms with Crippen molar-refractivity contribution in [3.63, 3.8) is 0 Å². The quantitative estimate of drug-likeness (QED) is 0.151. The molecule has 0 amide bonds. The number of nitrogens with one attached hydrogen (secondary N) is 4. The van der Waals surface area contributed by atoms with E-state index >= 15 is 0 Å². The van der Waals surface area contributed by atoms with Gasteiger partial charge in [0.1, 0.15) is 11.5 Å². The van der Waals surface area contributed by atoms with Crippen LogP contribution in [0.15, 0.2) is 146 Å². The summed E-state index contributed by atoms with van der Waals surface area (Å²) in [4.78, 5) is 15.5. The van der Waals surface area contributed by atoms with Crippen molar-refractivity contribution < 1.29 is 9.47 Å². The van der Waals surface area contributed by atoms with E-state index in [4.69, 9.17) is 9.47 Å². The molecule has 0 unspecified atom stereocenters. The number of rotatable bonds is 6. The molecule has 0 saturated carbocycles. The third-order valence-electron chi connectivity index (χ3n) is 10.5. The number of ether oxygens (including phenoxy) is 2. The van der Waals surface area contributed by atoms with Crippen molar-refractivity contribution in [1.29, 1.82) is 0 Å². The second-order valence-corrected chi connectivity index (χ2v) is 13.7. The summed E-state index contributed by atoms with van der Waals surface area (Å²) in [7, 11) is 3.45. The van der Waals surface area contributed by atoms with E-state index in [1.807, 2.05) is 24.3 Å². The molecule has 1 aliphatic rings. The summed E-state index contributed by atoms with van der Waals surface area (Å²) in [5, 5.41) is 3.92. The zero-order valence-electron chi connectivity index (χ0n) is 30.7. The van der Waals surface area contributed by atoms with Crippen molar-refractivity contribution in [2.45, 2.75) is 13.8 Å². The van der Waals surface area contributed by atoms with Crippen LogP contribution >= 0.6 is 0 Å². The number of aromatic amines is 4. The van der Waals surface area contributed by atoms with Gasteiger partial charge in [-0.3, -0.25) is 0 Å². The Balaban J connectivity index is 1.47. The molecular formula is C48H40N4O2. The fourth-order valence-electron chi connectivity index (χ4n) is 7.90. The van der Waals surface area contributed by atoms with Gasteiger partial charge in [0, 0.05) is 77.6 Å². The highest BCUT2D eigenvalue weighted by atomic mass is 16.5. The minimum atomic E-state index is 0.786. The number of H-pyrrole nitrogens is 4. The van der Waals surface area contributed by atoms with Crippen LogP contribution in [0.3, 0.4) is 0 Å². The fraction of sp³-hybridized carbons (Fsp3) is 0.0833. The second-order valence-electron chi connectivity index (χ2n) is 13.7. The summed E-state index contributed by atoms with van der Waals surface area (Å²) in [5.41, 5.74) is 14.7. The van der Waals surface area contributed by atoms with E-state index in [1.165, 1.54) is 11.1 Å². The lowest BCUT2D eigenvalue weighted by Crippen LogP contribution is -2.19. The third-order valence-corrected chi connectivity index (χ3v) is 10.5. The molecule has 54 heavy (non-hydrogen) atoms. The molecule has 0 saturated heterocycles. The Kier molecular flexibility index (Phi) is 8.28. The maximum Gasteiger partial charge on any atom is 0.126 e. The van der Waals surface area contributed by atoms with Gasteiger partial charge >= 0.3 is 0 Å². The van der Waals surface area contributed by atoms with Gasteiger partial charge < -0.3 is 29.4 Å². The number of aromatic nitrogens is 4. The molecule has 5 heterocycles. The summed E-state index contributed by atoms with van der Waals surface area (Å²) in [6, 6.07) is 50.9. The first-order chi connectivity index (χ1) is 26.5. The van der Waals surface area contributed by atoms with Crippen LogP contribution in [0.25, 0.3) is 22.3 Å². The van der Waals surface area contributed by atoms with Gasteiger partial charge in [0.25, 0.3) is 0 Å². The van der Waals surface area contributed by atoms with E-state index in [0.717, 1.165) is 100 Å². The predicted octanol–water partition coefficient (Wildman–Crippen LogP) is 6.94. The SMILES string of the molecule is COc1ccccc1C1=c2ccc([nH]2)=C(c2ccccc2C)c2ccc([nH]2)C(c2ccccc2C)=c2ccc([nH]2)=C(c2ccccc2OC)c2ccc1[nH]2. The van der Waals surface area contributed by atoms with E-state index in [9.17, 15) is 0 Å². The highest BCUT2D eigenvalue weighted by molar-refractivity contribution is 5.87. The van der Waals surface area contributed by atoms with Crippen LogP contribution in [0.2, 0.25) is 0 Å². The lowest BCUT2D eigenvalue weighted by molar-refractivity contribution is 0.413. The van der Waals surface area contributed by atoms with Crippen LogP contribution in [0.1, 0.15) is 56.2 Å². The molecule has 0 aliphatic carbocycles. The van der Waals surface area contributed by atoms with Crippen molar-refractivity contribution in [2.75, 3.05) is 14.2 Å².